The summed E-state index contributed by atoms with van der Waals surface area (Å²) in [6, 6.07) is 6.20. The molecule has 0 aliphatic carbocycles. The van der Waals surface area contributed by atoms with Crippen molar-refractivity contribution in [3.05, 3.63) is 33.9 Å². The summed E-state index contributed by atoms with van der Waals surface area (Å²) >= 11 is 3.60. The molecule has 0 fully saturated rings. The molecule has 4 heteroatoms. The zero-order valence-corrected chi connectivity index (χ0v) is 11.2. The number of fused-ring (bicyclic) bond motifs is 3. The molecule has 1 aliphatic rings. The Hall–Kier alpha value is -1.29. The van der Waals surface area contributed by atoms with E-state index in [-0.39, 0.29) is 5.91 Å². The lowest BCUT2D eigenvalue weighted by molar-refractivity contribution is 0.0951. The highest BCUT2D eigenvalue weighted by Gasteiger charge is 2.19. The van der Waals surface area contributed by atoms with Gasteiger partial charge in [0.1, 0.15) is 5.69 Å². The standard InChI is InChI=1S/C13H13BrN2O/c1-8-5-9-7-11-13(17)15-3-2-4-16(11)12(9)10(14)6-8/h5-7H,2-4H2,1H3,(H,15,17). The van der Waals surface area contributed by atoms with Gasteiger partial charge in [-0.05, 0) is 53.0 Å². The molecule has 2 aromatic rings. The normalized spacial score (nSPS) is 15.5. The maximum Gasteiger partial charge on any atom is 0.267 e. The summed E-state index contributed by atoms with van der Waals surface area (Å²) in [7, 11) is 0. The monoisotopic (exact) mass is 292 g/mol. The third kappa shape index (κ3) is 1.67. The average Bonchev–Trinajstić information content (AvgIpc) is 2.54. The maximum absolute atomic E-state index is 11.9. The smallest absolute Gasteiger partial charge is 0.267 e. The summed E-state index contributed by atoms with van der Waals surface area (Å²) in [6.45, 7) is 3.71. The third-order valence-electron chi connectivity index (χ3n) is 3.17. The first kappa shape index (κ1) is 10.8. The molecule has 1 aromatic heterocycles. The summed E-state index contributed by atoms with van der Waals surface area (Å²) in [5, 5.41) is 4.05. The molecular formula is C13H13BrN2O. The van der Waals surface area contributed by atoms with Gasteiger partial charge in [-0.2, -0.15) is 0 Å². The van der Waals surface area contributed by atoms with Crippen LogP contribution in [0.2, 0.25) is 0 Å². The first-order valence-corrected chi connectivity index (χ1v) is 6.54. The summed E-state index contributed by atoms with van der Waals surface area (Å²) in [5.74, 6) is 0.0308. The van der Waals surface area contributed by atoms with Crippen LogP contribution in [0.5, 0.6) is 0 Å². The van der Waals surface area contributed by atoms with Crippen molar-refractivity contribution in [3.63, 3.8) is 0 Å². The minimum atomic E-state index is 0.0308. The van der Waals surface area contributed by atoms with E-state index in [0.717, 1.165) is 40.6 Å². The Balaban J connectivity index is 2.35. The molecule has 0 saturated heterocycles. The SMILES string of the molecule is Cc1cc(Br)c2c(c1)cc1n2CCCNC1=O. The number of rotatable bonds is 0. The maximum atomic E-state index is 11.9. The molecule has 0 saturated carbocycles. The fourth-order valence-electron chi connectivity index (χ4n) is 2.45. The Morgan fingerprint density at radius 1 is 1.35 bits per heavy atom. The van der Waals surface area contributed by atoms with Crippen LogP contribution in [0.1, 0.15) is 22.5 Å². The van der Waals surface area contributed by atoms with Crippen molar-refractivity contribution in [2.75, 3.05) is 6.54 Å². The molecule has 0 radical (unpaired) electrons. The van der Waals surface area contributed by atoms with Crippen LogP contribution in [-0.2, 0) is 6.54 Å². The first-order chi connectivity index (χ1) is 8.16. The van der Waals surface area contributed by atoms with Crippen LogP contribution in [0.25, 0.3) is 10.9 Å². The molecule has 0 bridgehead atoms. The molecule has 3 nitrogen and oxygen atoms in total. The van der Waals surface area contributed by atoms with Crippen LogP contribution in [0, 0.1) is 6.92 Å². The molecule has 0 spiro atoms. The molecule has 1 aliphatic heterocycles. The van der Waals surface area contributed by atoms with Gasteiger partial charge >= 0.3 is 0 Å². The number of nitrogens with one attached hydrogen (secondary N) is 1. The number of halogens is 1. The van der Waals surface area contributed by atoms with Gasteiger partial charge in [-0.3, -0.25) is 4.79 Å². The van der Waals surface area contributed by atoms with Crippen molar-refractivity contribution in [2.24, 2.45) is 0 Å². The van der Waals surface area contributed by atoms with Crippen LogP contribution in [0.15, 0.2) is 22.7 Å². The highest BCUT2D eigenvalue weighted by Crippen LogP contribution is 2.29. The number of benzene rings is 1. The number of carbonyl (C=O) groups excluding carboxylic acids is 1. The molecular weight excluding hydrogens is 280 g/mol. The number of carbonyl (C=O) groups is 1. The average molecular weight is 293 g/mol. The Morgan fingerprint density at radius 2 is 2.18 bits per heavy atom. The van der Waals surface area contributed by atoms with E-state index in [1.807, 2.05) is 6.07 Å². The molecule has 2 heterocycles. The van der Waals surface area contributed by atoms with Crippen LogP contribution in [-0.4, -0.2) is 17.0 Å². The van der Waals surface area contributed by atoms with Gasteiger partial charge < -0.3 is 9.88 Å². The van der Waals surface area contributed by atoms with E-state index in [4.69, 9.17) is 0 Å². The van der Waals surface area contributed by atoms with Crippen molar-refractivity contribution < 1.29 is 4.79 Å². The third-order valence-corrected chi connectivity index (χ3v) is 3.77. The van der Waals surface area contributed by atoms with Crippen molar-refractivity contribution in [1.29, 1.82) is 0 Å². The lowest BCUT2D eigenvalue weighted by atomic mass is 10.2. The first-order valence-electron chi connectivity index (χ1n) is 5.74. The quantitative estimate of drug-likeness (QED) is 0.796. The van der Waals surface area contributed by atoms with E-state index in [2.05, 4.69) is 44.9 Å². The number of hydrogen-bond donors (Lipinski definition) is 1. The van der Waals surface area contributed by atoms with Crippen molar-refractivity contribution in [3.8, 4) is 0 Å². The van der Waals surface area contributed by atoms with Crippen molar-refractivity contribution >= 4 is 32.7 Å². The zero-order valence-electron chi connectivity index (χ0n) is 9.59. The van der Waals surface area contributed by atoms with Gasteiger partial charge in [0.2, 0.25) is 0 Å². The molecule has 1 amide bonds. The minimum absolute atomic E-state index is 0.0308. The second-order valence-corrected chi connectivity index (χ2v) is 5.33. The number of hydrogen-bond acceptors (Lipinski definition) is 1. The minimum Gasteiger partial charge on any atom is -0.351 e. The Kier molecular flexibility index (Phi) is 2.47. The largest absolute Gasteiger partial charge is 0.351 e. The topological polar surface area (TPSA) is 34.0 Å². The van der Waals surface area contributed by atoms with E-state index in [1.54, 1.807) is 0 Å². The predicted molar refractivity (Wildman–Crippen MR) is 71.3 cm³/mol. The highest BCUT2D eigenvalue weighted by atomic mass is 79.9. The van der Waals surface area contributed by atoms with E-state index < -0.39 is 0 Å². The summed E-state index contributed by atoms with van der Waals surface area (Å²) in [4.78, 5) is 11.9. The fraction of sp³-hybridized carbons (Fsp3) is 0.308. The second-order valence-electron chi connectivity index (χ2n) is 4.48. The van der Waals surface area contributed by atoms with Crippen LogP contribution in [0.4, 0.5) is 0 Å². The molecule has 0 atom stereocenters. The van der Waals surface area contributed by atoms with Crippen LogP contribution in [0.3, 0.4) is 0 Å². The van der Waals surface area contributed by atoms with Gasteiger partial charge in [0.15, 0.2) is 0 Å². The summed E-state index contributed by atoms with van der Waals surface area (Å²) in [6.07, 6.45) is 0.975. The molecule has 88 valence electrons. The van der Waals surface area contributed by atoms with Crippen LogP contribution < -0.4 is 5.32 Å². The molecule has 3 rings (SSSR count). The molecule has 1 aromatic carbocycles. The fourth-order valence-corrected chi connectivity index (χ4v) is 3.26. The van der Waals surface area contributed by atoms with Gasteiger partial charge in [-0.25, -0.2) is 0 Å². The highest BCUT2D eigenvalue weighted by molar-refractivity contribution is 9.10. The van der Waals surface area contributed by atoms with E-state index in [9.17, 15) is 4.79 Å². The van der Waals surface area contributed by atoms with E-state index in [0.29, 0.717) is 0 Å². The molecule has 1 N–H and O–H groups in total. The summed E-state index contributed by atoms with van der Waals surface area (Å²) in [5.41, 5.74) is 3.09. The lowest BCUT2D eigenvalue weighted by Gasteiger charge is -2.06. The Morgan fingerprint density at radius 3 is 3.00 bits per heavy atom. The van der Waals surface area contributed by atoms with E-state index >= 15 is 0 Å². The molecule has 17 heavy (non-hydrogen) atoms. The predicted octanol–water partition coefficient (Wildman–Crippen LogP) is 2.85. The Labute approximate surface area is 108 Å². The van der Waals surface area contributed by atoms with Gasteiger partial charge in [0, 0.05) is 22.9 Å². The van der Waals surface area contributed by atoms with Gasteiger partial charge in [0.25, 0.3) is 5.91 Å². The van der Waals surface area contributed by atoms with E-state index in [1.165, 1.54) is 5.56 Å². The van der Waals surface area contributed by atoms with Crippen LogP contribution >= 0.6 is 15.9 Å². The number of aromatic nitrogens is 1. The lowest BCUT2D eigenvalue weighted by Crippen LogP contribution is -2.22. The zero-order chi connectivity index (χ0) is 12.0. The van der Waals surface area contributed by atoms with Gasteiger partial charge in [-0.15, -0.1) is 0 Å². The summed E-state index contributed by atoms with van der Waals surface area (Å²) < 4.78 is 3.18. The van der Waals surface area contributed by atoms with Crippen molar-refractivity contribution in [1.82, 2.24) is 9.88 Å². The number of aryl methyl sites for hydroxylation is 2. The molecule has 0 unspecified atom stereocenters. The van der Waals surface area contributed by atoms with Gasteiger partial charge in [-0.1, -0.05) is 0 Å². The second kappa shape index (κ2) is 3.88. The van der Waals surface area contributed by atoms with Gasteiger partial charge in [0.05, 0.1) is 5.52 Å². The number of amides is 1. The van der Waals surface area contributed by atoms with Crippen molar-refractivity contribution in [2.45, 2.75) is 19.9 Å². The number of nitrogens with zero attached hydrogens (tertiary/aromatic N) is 1. The Bertz CT molecular complexity index is 615.